The summed E-state index contributed by atoms with van der Waals surface area (Å²) in [5.41, 5.74) is 6.97. The van der Waals surface area contributed by atoms with Crippen molar-refractivity contribution in [2.75, 3.05) is 11.9 Å². The summed E-state index contributed by atoms with van der Waals surface area (Å²) in [6.07, 6.45) is 0.841. The van der Waals surface area contributed by atoms with Crippen LogP contribution in [0.3, 0.4) is 0 Å². The number of nitrogens with two attached hydrogens (primary N) is 1. The minimum atomic E-state index is -0.548. The summed E-state index contributed by atoms with van der Waals surface area (Å²) in [7, 11) is 0. The van der Waals surface area contributed by atoms with E-state index in [0.29, 0.717) is 17.8 Å². The average molecular weight is 277 g/mol. The van der Waals surface area contributed by atoms with E-state index in [0.717, 1.165) is 6.42 Å². The third kappa shape index (κ3) is 4.35. The average Bonchev–Trinajstić information content (AvgIpc) is 2.46. The number of rotatable bonds is 6. The van der Waals surface area contributed by atoms with Gasteiger partial charge in [0, 0.05) is 17.8 Å². The predicted molar refractivity (Wildman–Crippen MR) is 80.5 cm³/mol. The van der Waals surface area contributed by atoms with Crippen LogP contribution in [-0.2, 0) is 4.79 Å². The van der Waals surface area contributed by atoms with Crippen LogP contribution in [-0.4, -0.2) is 24.4 Å². The van der Waals surface area contributed by atoms with Crippen molar-refractivity contribution in [3.05, 3.63) is 29.8 Å². The van der Waals surface area contributed by atoms with Crippen molar-refractivity contribution in [2.24, 2.45) is 11.7 Å². The molecule has 1 aromatic rings. The van der Waals surface area contributed by atoms with Crippen molar-refractivity contribution in [3.63, 3.8) is 0 Å². The van der Waals surface area contributed by atoms with Gasteiger partial charge < -0.3 is 16.4 Å². The van der Waals surface area contributed by atoms with E-state index in [2.05, 4.69) is 10.6 Å². The van der Waals surface area contributed by atoms with E-state index in [9.17, 15) is 9.59 Å². The summed E-state index contributed by atoms with van der Waals surface area (Å²) >= 11 is 0. The lowest BCUT2D eigenvalue weighted by molar-refractivity contribution is -0.118. The second kappa shape index (κ2) is 7.65. The van der Waals surface area contributed by atoms with Crippen LogP contribution >= 0.6 is 0 Å². The van der Waals surface area contributed by atoms with Gasteiger partial charge in [-0.05, 0) is 31.0 Å². The Morgan fingerprint density at radius 3 is 2.60 bits per heavy atom. The molecule has 2 amide bonds. The van der Waals surface area contributed by atoms with Gasteiger partial charge in [0.05, 0.1) is 6.04 Å². The van der Waals surface area contributed by atoms with E-state index in [4.69, 9.17) is 5.73 Å². The Morgan fingerprint density at radius 1 is 1.30 bits per heavy atom. The third-order valence-electron chi connectivity index (χ3n) is 3.29. The maximum atomic E-state index is 12.0. The van der Waals surface area contributed by atoms with Gasteiger partial charge in [0.15, 0.2) is 0 Å². The van der Waals surface area contributed by atoms with Gasteiger partial charge in [0.1, 0.15) is 0 Å². The van der Waals surface area contributed by atoms with Crippen LogP contribution in [0.5, 0.6) is 0 Å². The molecule has 5 nitrogen and oxygen atoms in total. The smallest absolute Gasteiger partial charge is 0.251 e. The van der Waals surface area contributed by atoms with Crippen LogP contribution in [0.25, 0.3) is 0 Å². The van der Waals surface area contributed by atoms with Gasteiger partial charge in [-0.1, -0.05) is 26.3 Å². The van der Waals surface area contributed by atoms with Crippen molar-refractivity contribution in [1.29, 1.82) is 0 Å². The number of carbonyl (C=O) groups is 2. The Labute approximate surface area is 119 Å². The normalized spacial score (nSPS) is 13.4. The minimum Gasteiger partial charge on any atom is -0.352 e. The topological polar surface area (TPSA) is 84.2 Å². The van der Waals surface area contributed by atoms with E-state index >= 15 is 0 Å². The lowest BCUT2D eigenvalue weighted by atomic mass is 9.99. The third-order valence-corrected chi connectivity index (χ3v) is 3.29. The van der Waals surface area contributed by atoms with Gasteiger partial charge in [-0.15, -0.1) is 0 Å². The largest absolute Gasteiger partial charge is 0.352 e. The Hall–Kier alpha value is -1.88. The number of benzene rings is 1. The fourth-order valence-corrected chi connectivity index (χ4v) is 1.74. The molecule has 0 aliphatic heterocycles. The first-order chi connectivity index (χ1) is 9.49. The first-order valence-corrected chi connectivity index (χ1v) is 6.94. The summed E-state index contributed by atoms with van der Waals surface area (Å²) < 4.78 is 0. The maximum absolute atomic E-state index is 12.0. The molecule has 1 aromatic carbocycles. The molecule has 4 N–H and O–H groups in total. The van der Waals surface area contributed by atoms with Crippen molar-refractivity contribution < 1.29 is 9.59 Å². The Kier molecular flexibility index (Phi) is 6.18. The Bertz CT molecular complexity index is 474. The molecule has 0 heterocycles. The fourth-order valence-electron chi connectivity index (χ4n) is 1.74. The molecule has 0 spiro atoms. The van der Waals surface area contributed by atoms with Gasteiger partial charge in [-0.2, -0.15) is 0 Å². The van der Waals surface area contributed by atoms with Crippen LogP contribution in [0.2, 0.25) is 0 Å². The molecule has 0 unspecified atom stereocenters. The summed E-state index contributed by atoms with van der Waals surface area (Å²) in [6, 6.07) is 6.27. The van der Waals surface area contributed by atoms with E-state index in [1.54, 1.807) is 24.3 Å². The molecule has 20 heavy (non-hydrogen) atoms. The zero-order valence-corrected chi connectivity index (χ0v) is 12.3. The molecule has 110 valence electrons. The van der Waals surface area contributed by atoms with Gasteiger partial charge in [0.2, 0.25) is 5.91 Å². The highest BCUT2D eigenvalue weighted by atomic mass is 16.2. The molecule has 0 fully saturated rings. The van der Waals surface area contributed by atoms with Crippen molar-refractivity contribution in [1.82, 2.24) is 5.32 Å². The summed E-state index contributed by atoms with van der Waals surface area (Å²) in [5.74, 6) is -0.274. The van der Waals surface area contributed by atoms with E-state index in [1.165, 1.54) is 0 Å². The van der Waals surface area contributed by atoms with Crippen molar-refractivity contribution >= 4 is 17.5 Å². The van der Waals surface area contributed by atoms with Gasteiger partial charge in [0.25, 0.3) is 5.91 Å². The van der Waals surface area contributed by atoms with Crippen LogP contribution in [0, 0.1) is 5.92 Å². The first kappa shape index (κ1) is 16.2. The van der Waals surface area contributed by atoms with Crippen molar-refractivity contribution in [3.8, 4) is 0 Å². The lowest BCUT2D eigenvalue weighted by Gasteiger charge is -2.17. The highest BCUT2D eigenvalue weighted by Gasteiger charge is 2.19. The van der Waals surface area contributed by atoms with Gasteiger partial charge in [-0.25, -0.2) is 0 Å². The van der Waals surface area contributed by atoms with Crippen LogP contribution in [0.1, 0.15) is 37.6 Å². The molecule has 0 aromatic heterocycles. The second-order valence-electron chi connectivity index (χ2n) is 4.84. The standard InChI is InChI=1S/C15H23N3O2/c1-4-10(3)13(16)15(20)18-12-8-6-7-11(9-12)14(19)17-5-2/h6-10,13H,4-5,16H2,1-3H3,(H,17,19)(H,18,20)/t10-,13-/m0/s1. The van der Waals surface area contributed by atoms with Crippen LogP contribution in [0.15, 0.2) is 24.3 Å². The van der Waals surface area contributed by atoms with Crippen molar-refractivity contribution in [2.45, 2.75) is 33.2 Å². The van der Waals surface area contributed by atoms with Gasteiger partial charge >= 0.3 is 0 Å². The zero-order chi connectivity index (χ0) is 15.1. The lowest BCUT2D eigenvalue weighted by Crippen LogP contribution is -2.40. The molecule has 0 aliphatic carbocycles. The van der Waals surface area contributed by atoms with E-state index < -0.39 is 6.04 Å². The molecule has 0 saturated heterocycles. The molecule has 0 aliphatic rings. The Morgan fingerprint density at radius 2 is 2.00 bits per heavy atom. The van der Waals surface area contributed by atoms with Crippen LogP contribution < -0.4 is 16.4 Å². The first-order valence-electron chi connectivity index (χ1n) is 6.94. The molecule has 0 saturated carbocycles. The number of carbonyl (C=O) groups excluding carboxylic acids is 2. The SMILES string of the molecule is CCNC(=O)c1cccc(NC(=O)[C@@H](N)[C@@H](C)CC)c1. The number of nitrogens with one attached hydrogen (secondary N) is 2. The maximum Gasteiger partial charge on any atom is 0.251 e. The number of amides is 2. The number of hydrogen-bond donors (Lipinski definition) is 3. The Balaban J connectivity index is 2.76. The van der Waals surface area contributed by atoms with E-state index in [-0.39, 0.29) is 17.7 Å². The molecule has 5 heteroatoms. The second-order valence-corrected chi connectivity index (χ2v) is 4.84. The predicted octanol–water partition coefficient (Wildman–Crippen LogP) is 1.75. The molecular weight excluding hydrogens is 254 g/mol. The molecule has 0 bridgehead atoms. The summed E-state index contributed by atoms with van der Waals surface area (Å²) in [6.45, 7) is 6.35. The van der Waals surface area contributed by atoms with Crippen LogP contribution in [0.4, 0.5) is 5.69 Å². The molecule has 1 rings (SSSR count). The number of anilines is 1. The highest BCUT2D eigenvalue weighted by molar-refractivity contribution is 5.98. The quantitative estimate of drug-likeness (QED) is 0.740. The zero-order valence-electron chi connectivity index (χ0n) is 12.3. The van der Waals surface area contributed by atoms with Gasteiger partial charge in [-0.3, -0.25) is 9.59 Å². The number of hydrogen-bond acceptors (Lipinski definition) is 3. The minimum absolute atomic E-state index is 0.113. The monoisotopic (exact) mass is 277 g/mol. The molecular formula is C15H23N3O2. The molecule has 0 radical (unpaired) electrons. The highest BCUT2D eigenvalue weighted by Crippen LogP contribution is 2.13. The molecule has 2 atom stereocenters. The summed E-state index contributed by atoms with van der Waals surface area (Å²) in [5, 5.41) is 5.47. The summed E-state index contributed by atoms with van der Waals surface area (Å²) in [4.78, 5) is 23.7. The fraction of sp³-hybridized carbons (Fsp3) is 0.467. The van der Waals surface area contributed by atoms with E-state index in [1.807, 2.05) is 20.8 Å².